The molecule has 34 heavy (non-hydrogen) atoms. The average molecular weight is 529 g/mol. The number of nitriles is 1. The monoisotopic (exact) mass is 528 g/mol. The number of ether oxygens (including phenoxy) is 2. The number of rotatable bonds is 6. The van der Waals surface area contributed by atoms with Crippen LogP contribution in [0.15, 0.2) is 64.5 Å². The summed E-state index contributed by atoms with van der Waals surface area (Å²) in [6.07, 6.45) is -3.08. The zero-order valence-electron chi connectivity index (χ0n) is 17.1. The fraction of sp³-hybridized carbons (Fsp3) is 0.0909. The maximum Gasteiger partial charge on any atom is 0.417 e. The standard InChI is InChI=1S/C22H13Cl2F3N2O4S/c1-32-19-4-2-3-13(9-17(11-28)34(30,31)16-7-5-15(23)6-8-16)20(19)33-21-18(24)10-14(12-29-21)22(25,26)27/h2-10,12H,1H3/b17-9+. The molecular formula is C22H13Cl2F3N2O4S. The second kappa shape index (κ2) is 9.93. The van der Waals surface area contributed by atoms with Gasteiger partial charge in [0.25, 0.3) is 0 Å². The molecule has 0 N–H and O–H groups in total. The van der Waals surface area contributed by atoms with Crippen molar-refractivity contribution in [2.24, 2.45) is 0 Å². The van der Waals surface area contributed by atoms with E-state index in [9.17, 15) is 26.9 Å². The summed E-state index contributed by atoms with van der Waals surface area (Å²) in [4.78, 5) is 2.82. The van der Waals surface area contributed by atoms with E-state index in [4.69, 9.17) is 32.7 Å². The predicted octanol–water partition coefficient (Wildman–Crippen LogP) is 6.55. The minimum absolute atomic E-state index is 0.0752. The van der Waals surface area contributed by atoms with E-state index in [1.54, 1.807) is 6.07 Å². The number of hydrogen-bond acceptors (Lipinski definition) is 6. The molecule has 1 aromatic heterocycles. The molecule has 0 radical (unpaired) electrons. The molecule has 1 heterocycles. The molecule has 2 aromatic carbocycles. The summed E-state index contributed by atoms with van der Waals surface area (Å²) in [6.45, 7) is 0. The Labute approximate surface area is 202 Å². The van der Waals surface area contributed by atoms with Crippen LogP contribution in [0.25, 0.3) is 6.08 Å². The number of allylic oxidation sites excluding steroid dienone is 1. The quantitative estimate of drug-likeness (QED) is 0.337. The molecule has 0 aliphatic carbocycles. The van der Waals surface area contributed by atoms with Gasteiger partial charge in [-0.25, -0.2) is 13.4 Å². The number of nitrogens with zero attached hydrogens (tertiary/aromatic N) is 2. The molecule has 6 nitrogen and oxygen atoms in total. The molecular weight excluding hydrogens is 516 g/mol. The number of halogens is 5. The highest BCUT2D eigenvalue weighted by atomic mass is 35.5. The lowest BCUT2D eigenvalue weighted by molar-refractivity contribution is -0.137. The van der Waals surface area contributed by atoms with Crippen LogP contribution in [0.2, 0.25) is 10.0 Å². The molecule has 3 aromatic rings. The molecule has 0 aliphatic rings. The Bertz CT molecular complexity index is 1400. The van der Waals surface area contributed by atoms with Crippen molar-refractivity contribution in [3.05, 3.63) is 80.8 Å². The minimum atomic E-state index is -4.66. The number of sulfone groups is 1. The van der Waals surface area contributed by atoms with Crippen molar-refractivity contribution in [1.82, 2.24) is 4.98 Å². The third-order valence-electron chi connectivity index (χ3n) is 4.37. The lowest BCUT2D eigenvalue weighted by Crippen LogP contribution is -2.06. The zero-order chi connectivity index (χ0) is 25.1. The first-order valence-electron chi connectivity index (χ1n) is 9.17. The van der Waals surface area contributed by atoms with Crippen LogP contribution in [0.1, 0.15) is 11.1 Å². The summed E-state index contributed by atoms with van der Waals surface area (Å²) < 4.78 is 75.4. The maximum atomic E-state index is 12.9. The number of pyridine rings is 1. The van der Waals surface area contributed by atoms with Crippen LogP contribution in [-0.2, 0) is 16.0 Å². The van der Waals surface area contributed by atoms with Crippen LogP contribution in [0.3, 0.4) is 0 Å². The highest BCUT2D eigenvalue weighted by Crippen LogP contribution is 2.40. The number of para-hydroxylation sites is 1. The largest absolute Gasteiger partial charge is 0.493 e. The first kappa shape index (κ1) is 25.4. The molecule has 0 spiro atoms. The molecule has 12 heteroatoms. The van der Waals surface area contributed by atoms with Gasteiger partial charge in [0.1, 0.15) is 16.0 Å². The minimum Gasteiger partial charge on any atom is -0.493 e. The molecule has 176 valence electrons. The van der Waals surface area contributed by atoms with Crippen LogP contribution < -0.4 is 9.47 Å². The fourth-order valence-electron chi connectivity index (χ4n) is 2.72. The summed E-state index contributed by atoms with van der Waals surface area (Å²) >= 11 is 11.7. The number of aromatic nitrogens is 1. The van der Waals surface area contributed by atoms with Gasteiger partial charge in [-0.15, -0.1) is 0 Å². The lowest BCUT2D eigenvalue weighted by Gasteiger charge is -2.14. The number of benzene rings is 2. The summed E-state index contributed by atoms with van der Waals surface area (Å²) in [7, 11) is -2.93. The maximum absolute atomic E-state index is 12.9. The van der Waals surface area contributed by atoms with Crippen LogP contribution in [0, 0.1) is 11.3 Å². The average Bonchev–Trinajstić information content (AvgIpc) is 2.78. The summed E-state index contributed by atoms with van der Waals surface area (Å²) in [5, 5.41) is 9.43. The molecule has 3 rings (SSSR count). The van der Waals surface area contributed by atoms with Crippen molar-refractivity contribution < 1.29 is 31.1 Å². The highest BCUT2D eigenvalue weighted by molar-refractivity contribution is 7.95. The van der Waals surface area contributed by atoms with Crippen molar-refractivity contribution >= 4 is 39.1 Å². The third kappa shape index (κ3) is 5.44. The Kier molecular flexibility index (Phi) is 7.41. The Morgan fingerprint density at radius 1 is 1.15 bits per heavy atom. The predicted molar refractivity (Wildman–Crippen MR) is 120 cm³/mol. The second-order valence-corrected chi connectivity index (χ2v) is 9.33. The Morgan fingerprint density at radius 2 is 1.82 bits per heavy atom. The fourth-order valence-corrected chi connectivity index (χ4v) is 4.20. The van der Waals surface area contributed by atoms with Crippen LogP contribution in [0.4, 0.5) is 13.2 Å². The van der Waals surface area contributed by atoms with Gasteiger partial charge in [0, 0.05) is 16.8 Å². The van der Waals surface area contributed by atoms with E-state index in [1.165, 1.54) is 49.6 Å². The van der Waals surface area contributed by atoms with Gasteiger partial charge in [-0.3, -0.25) is 0 Å². The lowest BCUT2D eigenvalue weighted by atomic mass is 10.1. The van der Waals surface area contributed by atoms with Crippen molar-refractivity contribution in [3.8, 4) is 23.4 Å². The number of alkyl halides is 3. The number of hydrogen-bond donors (Lipinski definition) is 0. The summed E-state index contributed by atoms with van der Waals surface area (Å²) in [6, 6.07) is 11.9. The third-order valence-corrected chi connectivity index (χ3v) is 6.58. The normalized spacial score (nSPS) is 12.2. The van der Waals surface area contributed by atoms with E-state index < -0.39 is 31.5 Å². The van der Waals surface area contributed by atoms with Gasteiger partial charge in [-0.2, -0.15) is 18.4 Å². The molecule has 0 fully saturated rings. The van der Waals surface area contributed by atoms with E-state index in [0.29, 0.717) is 17.3 Å². The molecule has 0 saturated heterocycles. The van der Waals surface area contributed by atoms with Gasteiger partial charge in [-0.1, -0.05) is 35.3 Å². The summed E-state index contributed by atoms with van der Waals surface area (Å²) in [5.41, 5.74) is -1.00. The van der Waals surface area contributed by atoms with Crippen molar-refractivity contribution in [2.45, 2.75) is 11.1 Å². The molecule has 0 bridgehead atoms. The summed E-state index contributed by atoms with van der Waals surface area (Å²) in [5.74, 6) is -0.404. The molecule has 0 atom stereocenters. The molecule has 0 saturated carbocycles. The van der Waals surface area contributed by atoms with E-state index in [2.05, 4.69) is 4.98 Å². The van der Waals surface area contributed by atoms with Gasteiger partial charge < -0.3 is 9.47 Å². The second-order valence-electron chi connectivity index (χ2n) is 6.57. The van der Waals surface area contributed by atoms with Gasteiger partial charge >= 0.3 is 6.18 Å². The first-order valence-corrected chi connectivity index (χ1v) is 11.4. The molecule has 0 aliphatic heterocycles. The van der Waals surface area contributed by atoms with E-state index >= 15 is 0 Å². The van der Waals surface area contributed by atoms with Crippen molar-refractivity contribution in [1.29, 1.82) is 5.26 Å². The Morgan fingerprint density at radius 3 is 2.38 bits per heavy atom. The van der Waals surface area contributed by atoms with Crippen molar-refractivity contribution in [3.63, 3.8) is 0 Å². The van der Waals surface area contributed by atoms with E-state index in [1.807, 2.05) is 0 Å². The zero-order valence-corrected chi connectivity index (χ0v) is 19.4. The van der Waals surface area contributed by atoms with Crippen LogP contribution in [0.5, 0.6) is 17.4 Å². The van der Waals surface area contributed by atoms with E-state index in [0.717, 1.165) is 6.08 Å². The van der Waals surface area contributed by atoms with Crippen LogP contribution in [-0.4, -0.2) is 20.5 Å². The van der Waals surface area contributed by atoms with Gasteiger partial charge in [0.2, 0.25) is 15.7 Å². The highest BCUT2D eigenvalue weighted by Gasteiger charge is 2.32. The van der Waals surface area contributed by atoms with Gasteiger partial charge in [-0.05, 0) is 42.5 Å². The number of methoxy groups -OCH3 is 1. The molecule has 0 amide bonds. The topological polar surface area (TPSA) is 89.3 Å². The van der Waals surface area contributed by atoms with Crippen LogP contribution >= 0.6 is 23.2 Å². The SMILES string of the molecule is COc1cccc(/C=C(\C#N)S(=O)(=O)c2ccc(Cl)cc2)c1Oc1ncc(C(F)(F)F)cc1Cl. The Balaban J connectivity index is 2.10. The smallest absolute Gasteiger partial charge is 0.417 e. The first-order chi connectivity index (χ1) is 16.0. The molecule has 0 unspecified atom stereocenters. The van der Waals surface area contributed by atoms with Gasteiger partial charge in [0.15, 0.2) is 11.5 Å². The van der Waals surface area contributed by atoms with E-state index in [-0.39, 0.29) is 27.8 Å². The Hall–Kier alpha value is -3.26. The van der Waals surface area contributed by atoms with Gasteiger partial charge in [0.05, 0.1) is 17.6 Å². The van der Waals surface area contributed by atoms with Crippen molar-refractivity contribution in [2.75, 3.05) is 7.11 Å².